The first-order valence-electron chi connectivity index (χ1n) is 5.92. The minimum absolute atomic E-state index is 0.0401. The molecule has 0 fully saturated rings. The van der Waals surface area contributed by atoms with Crippen molar-refractivity contribution in [3.63, 3.8) is 0 Å². The Labute approximate surface area is 106 Å². The number of carbonyl (C=O) groups excluding carboxylic acids is 1. The lowest BCUT2D eigenvalue weighted by Crippen LogP contribution is -2.38. The van der Waals surface area contributed by atoms with Crippen LogP contribution in [0, 0.1) is 5.92 Å². The van der Waals surface area contributed by atoms with Gasteiger partial charge in [0.25, 0.3) is 0 Å². The highest BCUT2D eigenvalue weighted by Crippen LogP contribution is 2.17. The van der Waals surface area contributed by atoms with Crippen LogP contribution in [0.25, 0.3) is 0 Å². The van der Waals surface area contributed by atoms with Crippen LogP contribution in [-0.2, 0) is 11.2 Å². The molecule has 92 valence electrons. The Balaban J connectivity index is 1.80. The molecule has 3 nitrogen and oxygen atoms in total. The number of hydrogen-bond donors (Lipinski definition) is 2. The van der Waals surface area contributed by atoms with E-state index in [1.54, 1.807) is 11.3 Å². The van der Waals surface area contributed by atoms with Crippen molar-refractivity contribution in [2.45, 2.75) is 31.8 Å². The Morgan fingerprint density at radius 1 is 1.65 bits per heavy atom. The zero-order valence-electron chi connectivity index (χ0n) is 9.93. The molecule has 1 aliphatic rings. The third-order valence-electron chi connectivity index (χ3n) is 2.93. The minimum Gasteiger partial charge on any atom is -0.353 e. The third-order valence-corrected chi connectivity index (χ3v) is 3.83. The highest BCUT2D eigenvalue weighted by atomic mass is 32.1. The van der Waals surface area contributed by atoms with Gasteiger partial charge in [0.15, 0.2) is 0 Å². The molecule has 17 heavy (non-hydrogen) atoms. The first kappa shape index (κ1) is 12.3. The Bertz CT molecular complexity index is 400. The van der Waals surface area contributed by atoms with E-state index in [1.165, 1.54) is 4.88 Å². The number of amides is 1. The lowest BCUT2D eigenvalue weighted by Gasteiger charge is -2.16. The molecule has 0 saturated carbocycles. The summed E-state index contributed by atoms with van der Waals surface area (Å²) in [6, 6.07) is 4.34. The van der Waals surface area contributed by atoms with E-state index in [0.717, 1.165) is 12.8 Å². The smallest absolute Gasteiger partial charge is 0.227 e. The van der Waals surface area contributed by atoms with Gasteiger partial charge in [0.2, 0.25) is 5.91 Å². The van der Waals surface area contributed by atoms with Crippen molar-refractivity contribution >= 4 is 17.2 Å². The van der Waals surface area contributed by atoms with Crippen molar-refractivity contribution in [1.82, 2.24) is 5.32 Å². The molecule has 1 aromatic heterocycles. The van der Waals surface area contributed by atoms with E-state index in [-0.39, 0.29) is 23.9 Å². The number of nitrogens with one attached hydrogen (secondary N) is 1. The van der Waals surface area contributed by atoms with Gasteiger partial charge in [-0.2, -0.15) is 0 Å². The van der Waals surface area contributed by atoms with Crippen molar-refractivity contribution in [2.24, 2.45) is 11.7 Å². The van der Waals surface area contributed by atoms with Gasteiger partial charge in [0, 0.05) is 23.4 Å². The average Bonchev–Trinajstić information content (AvgIpc) is 2.89. The number of hydrogen-bond acceptors (Lipinski definition) is 3. The molecule has 0 bridgehead atoms. The second kappa shape index (κ2) is 5.47. The second-order valence-corrected chi connectivity index (χ2v) is 5.62. The van der Waals surface area contributed by atoms with E-state index < -0.39 is 0 Å². The molecule has 1 aromatic rings. The van der Waals surface area contributed by atoms with Gasteiger partial charge in [0.1, 0.15) is 0 Å². The zero-order valence-corrected chi connectivity index (χ0v) is 10.7. The van der Waals surface area contributed by atoms with E-state index in [9.17, 15) is 4.79 Å². The summed E-state index contributed by atoms with van der Waals surface area (Å²) < 4.78 is 0. The molecule has 0 spiro atoms. The minimum atomic E-state index is -0.0456. The molecule has 0 aliphatic heterocycles. The Kier molecular flexibility index (Phi) is 3.97. The quantitative estimate of drug-likeness (QED) is 0.799. The Hall–Kier alpha value is -1.13. The Morgan fingerprint density at radius 2 is 2.47 bits per heavy atom. The molecule has 3 unspecified atom stereocenters. The van der Waals surface area contributed by atoms with Crippen LogP contribution in [0.1, 0.15) is 18.2 Å². The van der Waals surface area contributed by atoms with Crippen molar-refractivity contribution in [3.05, 3.63) is 34.5 Å². The number of rotatable bonds is 4. The highest BCUT2D eigenvalue weighted by Gasteiger charge is 2.23. The van der Waals surface area contributed by atoms with Crippen molar-refractivity contribution in [1.29, 1.82) is 0 Å². The van der Waals surface area contributed by atoms with E-state index in [0.29, 0.717) is 0 Å². The summed E-state index contributed by atoms with van der Waals surface area (Å²) in [6.07, 6.45) is 5.45. The van der Waals surface area contributed by atoms with Gasteiger partial charge < -0.3 is 11.1 Å². The maximum Gasteiger partial charge on any atom is 0.227 e. The van der Waals surface area contributed by atoms with Crippen LogP contribution in [0.15, 0.2) is 29.7 Å². The first-order chi connectivity index (χ1) is 8.15. The first-order valence-corrected chi connectivity index (χ1v) is 6.80. The molecular formula is C13H18N2OS. The van der Waals surface area contributed by atoms with Crippen molar-refractivity contribution < 1.29 is 4.79 Å². The van der Waals surface area contributed by atoms with Crippen LogP contribution in [-0.4, -0.2) is 18.0 Å². The number of carbonyl (C=O) groups is 1. The summed E-state index contributed by atoms with van der Waals surface area (Å²) in [5.74, 6) is 0.0500. The van der Waals surface area contributed by atoms with Gasteiger partial charge in [0.05, 0.1) is 5.92 Å². The fraction of sp³-hybridized carbons (Fsp3) is 0.462. The maximum atomic E-state index is 11.9. The largest absolute Gasteiger partial charge is 0.353 e. The van der Waals surface area contributed by atoms with Gasteiger partial charge in [-0.05, 0) is 24.8 Å². The van der Waals surface area contributed by atoms with E-state index in [4.69, 9.17) is 5.73 Å². The monoisotopic (exact) mass is 250 g/mol. The van der Waals surface area contributed by atoms with Crippen LogP contribution in [0.2, 0.25) is 0 Å². The van der Waals surface area contributed by atoms with Crippen LogP contribution in [0.5, 0.6) is 0 Å². The molecule has 1 aliphatic carbocycles. The molecule has 1 heterocycles. The molecule has 3 N–H and O–H groups in total. The van der Waals surface area contributed by atoms with Gasteiger partial charge in [-0.3, -0.25) is 4.79 Å². The van der Waals surface area contributed by atoms with E-state index >= 15 is 0 Å². The fourth-order valence-corrected chi connectivity index (χ4v) is 2.89. The molecule has 0 aromatic carbocycles. The molecule has 2 rings (SSSR count). The van der Waals surface area contributed by atoms with Crippen LogP contribution < -0.4 is 11.1 Å². The fourth-order valence-electron chi connectivity index (χ4n) is 2.05. The summed E-state index contributed by atoms with van der Waals surface area (Å²) in [5.41, 5.74) is 5.74. The van der Waals surface area contributed by atoms with E-state index in [1.807, 2.05) is 25.1 Å². The summed E-state index contributed by atoms with van der Waals surface area (Å²) in [4.78, 5) is 13.2. The summed E-state index contributed by atoms with van der Waals surface area (Å²) in [6.45, 7) is 2.04. The van der Waals surface area contributed by atoms with Gasteiger partial charge >= 0.3 is 0 Å². The zero-order chi connectivity index (χ0) is 12.3. The van der Waals surface area contributed by atoms with Crippen LogP contribution >= 0.6 is 11.3 Å². The molecule has 0 saturated heterocycles. The van der Waals surface area contributed by atoms with E-state index in [2.05, 4.69) is 16.8 Å². The lowest BCUT2D eigenvalue weighted by atomic mass is 10.1. The van der Waals surface area contributed by atoms with Gasteiger partial charge in [-0.1, -0.05) is 18.2 Å². The number of thiophene rings is 1. The highest BCUT2D eigenvalue weighted by molar-refractivity contribution is 7.09. The normalized spacial score (nSPS) is 24.8. The predicted octanol–water partition coefficient (Wildman–Crippen LogP) is 1.70. The van der Waals surface area contributed by atoms with Gasteiger partial charge in [-0.25, -0.2) is 0 Å². The molecule has 1 amide bonds. The van der Waals surface area contributed by atoms with Crippen molar-refractivity contribution in [3.8, 4) is 0 Å². The Morgan fingerprint density at radius 3 is 3.06 bits per heavy atom. The lowest BCUT2D eigenvalue weighted by molar-refractivity contribution is -0.124. The number of nitrogens with two attached hydrogens (primary N) is 1. The SMILES string of the molecule is CC(Cc1cccs1)NC(=O)C1C=CC(N)C1. The standard InChI is InChI=1S/C13H18N2OS/c1-9(7-12-3-2-6-17-12)15-13(16)10-4-5-11(14)8-10/h2-6,9-11H,7-8,14H2,1H3,(H,15,16). The predicted molar refractivity (Wildman–Crippen MR) is 70.9 cm³/mol. The molecule has 4 heteroatoms. The third kappa shape index (κ3) is 3.41. The van der Waals surface area contributed by atoms with Gasteiger partial charge in [-0.15, -0.1) is 11.3 Å². The van der Waals surface area contributed by atoms with Crippen LogP contribution in [0.3, 0.4) is 0 Å². The molecule has 0 radical (unpaired) electrons. The summed E-state index contributed by atoms with van der Waals surface area (Å²) >= 11 is 1.73. The topological polar surface area (TPSA) is 55.1 Å². The summed E-state index contributed by atoms with van der Waals surface area (Å²) in [7, 11) is 0. The maximum absolute atomic E-state index is 11.9. The average molecular weight is 250 g/mol. The molecular weight excluding hydrogens is 232 g/mol. The summed E-state index contributed by atoms with van der Waals surface area (Å²) in [5, 5.41) is 5.10. The van der Waals surface area contributed by atoms with Crippen LogP contribution in [0.4, 0.5) is 0 Å². The molecule has 3 atom stereocenters. The van der Waals surface area contributed by atoms with Crippen molar-refractivity contribution in [2.75, 3.05) is 0 Å². The second-order valence-electron chi connectivity index (χ2n) is 4.58.